The van der Waals surface area contributed by atoms with Gasteiger partial charge in [0.05, 0.1) is 12.9 Å². The molecule has 1 aromatic rings. The zero-order valence-electron chi connectivity index (χ0n) is 8.99. The lowest BCUT2D eigenvalue weighted by molar-refractivity contribution is -0.112. The molecule has 0 aliphatic rings. The molecule has 1 rings (SSSR count). The van der Waals surface area contributed by atoms with Gasteiger partial charge in [-0.05, 0) is 25.5 Å². The second kappa shape index (κ2) is 5.86. The second-order valence-corrected chi connectivity index (χ2v) is 3.06. The minimum Gasteiger partial charge on any atom is -0.501 e. The molecule has 0 aliphatic heterocycles. The lowest BCUT2D eigenvalue weighted by Gasteiger charge is -2.04. The monoisotopic (exact) mass is 205 g/mol. The van der Waals surface area contributed by atoms with Crippen LogP contribution in [0.25, 0.3) is 0 Å². The Balaban J connectivity index is 2.55. The number of hydrogen-bond acceptors (Lipinski definition) is 2. The topological polar surface area (TPSA) is 38.3 Å². The van der Waals surface area contributed by atoms with Crippen LogP contribution in [0.3, 0.4) is 0 Å². The van der Waals surface area contributed by atoms with Gasteiger partial charge in [0, 0.05) is 11.8 Å². The maximum Gasteiger partial charge on any atom is 0.251 e. The van der Waals surface area contributed by atoms with Crippen LogP contribution in [-0.2, 0) is 9.53 Å². The van der Waals surface area contributed by atoms with E-state index in [1.54, 1.807) is 0 Å². The highest BCUT2D eigenvalue weighted by atomic mass is 16.5. The molecular weight excluding hydrogens is 190 g/mol. The summed E-state index contributed by atoms with van der Waals surface area (Å²) in [5.41, 5.74) is 1.86. The van der Waals surface area contributed by atoms with Gasteiger partial charge in [0.1, 0.15) is 0 Å². The average Bonchev–Trinajstić information content (AvgIpc) is 2.22. The molecule has 0 radical (unpaired) electrons. The Labute approximate surface area is 89.8 Å². The molecule has 1 N–H and O–H groups in total. The van der Waals surface area contributed by atoms with Crippen LogP contribution in [0.15, 0.2) is 36.6 Å². The van der Waals surface area contributed by atoms with Crippen LogP contribution in [0.1, 0.15) is 12.5 Å². The first kappa shape index (κ1) is 11.3. The number of para-hydroxylation sites is 1. The summed E-state index contributed by atoms with van der Waals surface area (Å²) < 4.78 is 4.93. The van der Waals surface area contributed by atoms with E-state index >= 15 is 0 Å². The van der Waals surface area contributed by atoms with Crippen LogP contribution in [0.5, 0.6) is 0 Å². The van der Waals surface area contributed by atoms with Gasteiger partial charge >= 0.3 is 0 Å². The summed E-state index contributed by atoms with van der Waals surface area (Å²) in [6.45, 7) is 4.37. The molecule has 0 fully saturated rings. The van der Waals surface area contributed by atoms with Gasteiger partial charge in [0.15, 0.2) is 0 Å². The van der Waals surface area contributed by atoms with Crippen LogP contribution in [0.2, 0.25) is 0 Å². The van der Waals surface area contributed by atoms with Crippen LogP contribution in [-0.4, -0.2) is 12.5 Å². The molecule has 0 spiro atoms. The molecule has 0 aromatic heterocycles. The third kappa shape index (κ3) is 3.85. The predicted molar refractivity (Wildman–Crippen MR) is 60.6 cm³/mol. The molecule has 0 heterocycles. The van der Waals surface area contributed by atoms with E-state index in [2.05, 4.69) is 5.32 Å². The summed E-state index contributed by atoms with van der Waals surface area (Å²) in [6, 6.07) is 7.62. The third-order valence-electron chi connectivity index (χ3n) is 1.89. The van der Waals surface area contributed by atoms with E-state index in [1.165, 1.54) is 12.3 Å². The molecule has 3 nitrogen and oxygen atoms in total. The third-order valence-corrected chi connectivity index (χ3v) is 1.89. The normalized spacial score (nSPS) is 10.3. The minimum absolute atomic E-state index is 0.183. The first-order valence-electron chi connectivity index (χ1n) is 4.88. The predicted octanol–water partition coefficient (Wildman–Crippen LogP) is 2.48. The van der Waals surface area contributed by atoms with E-state index in [-0.39, 0.29) is 5.91 Å². The van der Waals surface area contributed by atoms with Crippen molar-refractivity contribution >= 4 is 11.6 Å². The van der Waals surface area contributed by atoms with Crippen molar-refractivity contribution in [3.05, 3.63) is 42.2 Å². The number of benzene rings is 1. The molecule has 0 atom stereocenters. The van der Waals surface area contributed by atoms with Crippen molar-refractivity contribution in [2.75, 3.05) is 11.9 Å². The summed E-state index contributed by atoms with van der Waals surface area (Å²) in [5, 5.41) is 2.76. The molecule has 0 unspecified atom stereocenters. The maximum absolute atomic E-state index is 11.4. The van der Waals surface area contributed by atoms with E-state index in [0.29, 0.717) is 6.61 Å². The van der Waals surface area contributed by atoms with Crippen molar-refractivity contribution < 1.29 is 9.53 Å². The van der Waals surface area contributed by atoms with Crippen LogP contribution < -0.4 is 5.32 Å². The fourth-order valence-electron chi connectivity index (χ4n) is 1.09. The van der Waals surface area contributed by atoms with Crippen molar-refractivity contribution in [3.8, 4) is 0 Å². The fraction of sp³-hybridized carbons (Fsp3) is 0.250. The standard InChI is InChI=1S/C12H15NO2/c1-3-15-9-8-12(14)13-11-7-5-4-6-10(11)2/h4-9H,3H2,1-2H3,(H,13,14)/b9-8+. The van der Waals surface area contributed by atoms with Crippen LogP contribution in [0.4, 0.5) is 5.69 Å². The highest BCUT2D eigenvalue weighted by Crippen LogP contribution is 2.12. The van der Waals surface area contributed by atoms with Crippen molar-refractivity contribution in [1.29, 1.82) is 0 Å². The number of ether oxygens (including phenoxy) is 1. The first-order chi connectivity index (χ1) is 7.24. The Kier molecular flexibility index (Phi) is 4.41. The SMILES string of the molecule is CCO/C=C/C(=O)Nc1ccccc1C. The van der Waals surface area contributed by atoms with Gasteiger partial charge in [-0.25, -0.2) is 0 Å². The minimum atomic E-state index is -0.183. The Bertz CT molecular complexity index is 358. The number of carbonyl (C=O) groups is 1. The van der Waals surface area contributed by atoms with Crippen molar-refractivity contribution in [2.45, 2.75) is 13.8 Å². The number of aryl methyl sites for hydroxylation is 1. The number of rotatable bonds is 4. The van der Waals surface area contributed by atoms with Crippen molar-refractivity contribution in [1.82, 2.24) is 0 Å². The van der Waals surface area contributed by atoms with E-state index in [9.17, 15) is 4.79 Å². The zero-order chi connectivity index (χ0) is 11.1. The Morgan fingerprint density at radius 2 is 2.20 bits per heavy atom. The van der Waals surface area contributed by atoms with Crippen molar-refractivity contribution in [3.63, 3.8) is 0 Å². The Morgan fingerprint density at radius 3 is 2.87 bits per heavy atom. The summed E-state index contributed by atoms with van der Waals surface area (Å²) in [6.07, 6.45) is 2.77. The van der Waals surface area contributed by atoms with Crippen molar-refractivity contribution in [2.24, 2.45) is 0 Å². The molecule has 80 valence electrons. The van der Waals surface area contributed by atoms with Gasteiger partial charge in [-0.1, -0.05) is 18.2 Å². The highest BCUT2D eigenvalue weighted by Gasteiger charge is 1.99. The molecule has 1 amide bonds. The largest absolute Gasteiger partial charge is 0.501 e. The van der Waals surface area contributed by atoms with Gasteiger partial charge in [-0.2, -0.15) is 0 Å². The quantitative estimate of drug-likeness (QED) is 0.605. The summed E-state index contributed by atoms with van der Waals surface area (Å²) in [4.78, 5) is 11.4. The molecular formula is C12H15NO2. The van der Waals surface area contributed by atoms with Gasteiger partial charge in [0.2, 0.25) is 0 Å². The molecule has 1 aromatic carbocycles. The highest BCUT2D eigenvalue weighted by molar-refractivity contribution is 5.99. The van der Waals surface area contributed by atoms with E-state index in [1.807, 2.05) is 38.1 Å². The Morgan fingerprint density at radius 1 is 1.47 bits per heavy atom. The Hall–Kier alpha value is -1.77. The average molecular weight is 205 g/mol. The number of carbonyl (C=O) groups excluding carboxylic acids is 1. The summed E-state index contributed by atoms with van der Waals surface area (Å²) in [5.74, 6) is -0.183. The molecule has 0 aliphatic carbocycles. The van der Waals surface area contributed by atoms with E-state index < -0.39 is 0 Å². The zero-order valence-corrected chi connectivity index (χ0v) is 8.99. The van der Waals surface area contributed by atoms with E-state index in [4.69, 9.17) is 4.74 Å². The summed E-state index contributed by atoms with van der Waals surface area (Å²) in [7, 11) is 0. The van der Waals surface area contributed by atoms with Gasteiger partial charge in [-0.3, -0.25) is 4.79 Å². The van der Waals surface area contributed by atoms with Gasteiger partial charge in [-0.15, -0.1) is 0 Å². The second-order valence-electron chi connectivity index (χ2n) is 3.06. The summed E-state index contributed by atoms with van der Waals surface area (Å²) >= 11 is 0. The van der Waals surface area contributed by atoms with Gasteiger partial charge < -0.3 is 10.1 Å². The lowest BCUT2D eigenvalue weighted by Crippen LogP contribution is -2.08. The maximum atomic E-state index is 11.4. The number of anilines is 1. The smallest absolute Gasteiger partial charge is 0.251 e. The number of nitrogens with one attached hydrogen (secondary N) is 1. The number of amides is 1. The molecule has 15 heavy (non-hydrogen) atoms. The molecule has 0 saturated heterocycles. The molecule has 0 bridgehead atoms. The van der Waals surface area contributed by atoms with E-state index in [0.717, 1.165) is 11.3 Å². The molecule has 0 saturated carbocycles. The van der Waals surface area contributed by atoms with Gasteiger partial charge in [0.25, 0.3) is 5.91 Å². The van der Waals surface area contributed by atoms with Crippen LogP contribution >= 0.6 is 0 Å². The number of hydrogen-bond donors (Lipinski definition) is 1. The first-order valence-corrected chi connectivity index (χ1v) is 4.88. The lowest BCUT2D eigenvalue weighted by atomic mass is 10.2. The fourth-order valence-corrected chi connectivity index (χ4v) is 1.09. The molecule has 3 heteroatoms. The van der Waals surface area contributed by atoms with Crippen LogP contribution in [0, 0.1) is 6.92 Å².